The first-order valence-electron chi connectivity index (χ1n) is 8.25. The molecule has 1 saturated heterocycles. The molecule has 0 bridgehead atoms. The highest BCUT2D eigenvalue weighted by atomic mass is 35.5. The molecule has 0 saturated carbocycles. The van der Waals surface area contributed by atoms with Crippen LogP contribution < -0.4 is 15.5 Å². The summed E-state index contributed by atoms with van der Waals surface area (Å²) in [6.45, 7) is 3.16. The van der Waals surface area contributed by atoms with Gasteiger partial charge in [-0.15, -0.1) is 0 Å². The molecule has 1 aliphatic rings. The van der Waals surface area contributed by atoms with E-state index in [2.05, 4.69) is 20.5 Å². The minimum absolute atomic E-state index is 0.338. The van der Waals surface area contributed by atoms with Crippen LogP contribution in [0, 0.1) is 0 Å². The van der Waals surface area contributed by atoms with Gasteiger partial charge in [0, 0.05) is 18.8 Å². The molecule has 3 aromatic rings. The number of nitrogens with zero attached hydrogens (tertiary/aromatic N) is 2. The van der Waals surface area contributed by atoms with E-state index >= 15 is 0 Å². The van der Waals surface area contributed by atoms with Crippen molar-refractivity contribution in [2.45, 2.75) is 0 Å². The number of urea groups is 1. The Labute approximate surface area is 159 Å². The zero-order chi connectivity index (χ0) is 17.9. The fourth-order valence-electron chi connectivity index (χ4n) is 2.73. The summed E-state index contributed by atoms with van der Waals surface area (Å²) in [4.78, 5) is 19.1. The number of aromatic nitrogens is 1. The minimum atomic E-state index is -0.338. The Morgan fingerprint density at radius 2 is 1.96 bits per heavy atom. The number of carbonyl (C=O) groups excluding carboxylic acids is 1. The van der Waals surface area contributed by atoms with E-state index in [0.717, 1.165) is 41.7 Å². The maximum absolute atomic E-state index is 12.2. The van der Waals surface area contributed by atoms with Crippen LogP contribution in [0.25, 0.3) is 10.2 Å². The number of nitrogens with one attached hydrogen (secondary N) is 2. The van der Waals surface area contributed by atoms with Gasteiger partial charge >= 0.3 is 6.03 Å². The molecule has 0 unspecified atom stereocenters. The number of rotatable bonds is 3. The maximum atomic E-state index is 12.2. The molecule has 6 nitrogen and oxygen atoms in total. The van der Waals surface area contributed by atoms with Crippen LogP contribution in [0.4, 0.5) is 21.3 Å². The number of benzene rings is 2. The number of para-hydroxylation sites is 1. The Hall–Kier alpha value is -2.35. The molecule has 134 valence electrons. The van der Waals surface area contributed by atoms with E-state index in [-0.39, 0.29) is 6.03 Å². The number of carbonyl (C=O) groups is 1. The molecule has 2 aromatic carbocycles. The van der Waals surface area contributed by atoms with Crippen LogP contribution in [0.2, 0.25) is 5.02 Å². The average molecular weight is 389 g/mol. The number of hydrogen-bond acceptors (Lipinski definition) is 5. The van der Waals surface area contributed by atoms with Crippen molar-refractivity contribution in [3.63, 3.8) is 0 Å². The summed E-state index contributed by atoms with van der Waals surface area (Å²) in [6.07, 6.45) is 0. The fraction of sp³-hybridized carbons (Fsp3) is 0.222. The highest BCUT2D eigenvalue weighted by Gasteiger charge is 2.15. The van der Waals surface area contributed by atoms with Crippen molar-refractivity contribution in [1.29, 1.82) is 0 Å². The number of anilines is 3. The van der Waals surface area contributed by atoms with Gasteiger partial charge in [0.15, 0.2) is 5.13 Å². The predicted octanol–water partition coefficient (Wildman–Crippen LogP) is 4.43. The van der Waals surface area contributed by atoms with Gasteiger partial charge in [-0.25, -0.2) is 9.78 Å². The lowest BCUT2D eigenvalue weighted by Gasteiger charge is -2.25. The van der Waals surface area contributed by atoms with Crippen molar-refractivity contribution in [3.05, 3.63) is 47.5 Å². The Kier molecular flexibility index (Phi) is 4.92. The molecular weight excluding hydrogens is 372 g/mol. The lowest BCUT2D eigenvalue weighted by Crippen LogP contribution is -2.36. The molecule has 2 heterocycles. The Morgan fingerprint density at radius 1 is 1.15 bits per heavy atom. The van der Waals surface area contributed by atoms with E-state index in [1.165, 1.54) is 0 Å². The summed E-state index contributed by atoms with van der Waals surface area (Å²) in [5.74, 6) is 0. The second-order valence-electron chi connectivity index (χ2n) is 5.84. The van der Waals surface area contributed by atoms with Gasteiger partial charge in [-0.1, -0.05) is 35.1 Å². The highest BCUT2D eigenvalue weighted by molar-refractivity contribution is 7.22. The standard InChI is InChI=1S/C18H17ClN4O2S/c19-13-3-1-2-4-14(13)21-17(24)20-12-5-6-15-16(11-12)26-18(22-15)23-7-9-25-10-8-23/h1-6,11H,7-10H2,(H2,20,21,24). The normalized spacial score (nSPS) is 14.4. The number of hydrogen-bond donors (Lipinski definition) is 2. The van der Waals surface area contributed by atoms with Gasteiger partial charge in [0.2, 0.25) is 0 Å². The van der Waals surface area contributed by atoms with Gasteiger partial charge in [0.1, 0.15) is 0 Å². The van der Waals surface area contributed by atoms with E-state index in [1.54, 1.807) is 23.5 Å². The van der Waals surface area contributed by atoms with Crippen LogP contribution >= 0.6 is 22.9 Å². The van der Waals surface area contributed by atoms with E-state index in [9.17, 15) is 4.79 Å². The van der Waals surface area contributed by atoms with Crippen molar-refractivity contribution in [2.75, 3.05) is 41.8 Å². The highest BCUT2D eigenvalue weighted by Crippen LogP contribution is 2.31. The summed E-state index contributed by atoms with van der Waals surface area (Å²) in [5, 5.41) is 7.07. The summed E-state index contributed by atoms with van der Waals surface area (Å²) in [7, 11) is 0. The van der Waals surface area contributed by atoms with E-state index < -0.39 is 0 Å². The monoisotopic (exact) mass is 388 g/mol. The van der Waals surface area contributed by atoms with Gasteiger partial charge in [0.05, 0.1) is 34.1 Å². The molecule has 1 aromatic heterocycles. The third-order valence-electron chi connectivity index (χ3n) is 4.04. The van der Waals surface area contributed by atoms with Gasteiger partial charge in [-0.05, 0) is 30.3 Å². The lowest BCUT2D eigenvalue weighted by atomic mass is 10.3. The smallest absolute Gasteiger partial charge is 0.323 e. The zero-order valence-electron chi connectivity index (χ0n) is 13.9. The average Bonchev–Trinajstić information content (AvgIpc) is 3.08. The fourth-order valence-corrected chi connectivity index (χ4v) is 3.97. The molecule has 26 heavy (non-hydrogen) atoms. The predicted molar refractivity (Wildman–Crippen MR) is 107 cm³/mol. The van der Waals surface area contributed by atoms with Gasteiger partial charge in [-0.3, -0.25) is 0 Å². The summed E-state index contributed by atoms with van der Waals surface area (Å²) in [5.41, 5.74) is 2.20. The molecule has 0 aliphatic carbocycles. The number of halogens is 1. The Morgan fingerprint density at radius 3 is 2.77 bits per heavy atom. The van der Waals surface area contributed by atoms with E-state index in [0.29, 0.717) is 16.4 Å². The van der Waals surface area contributed by atoms with Crippen LogP contribution in [-0.2, 0) is 4.74 Å². The topological polar surface area (TPSA) is 66.5 Å². The molecule has 0 radical (unpaired) electrons. The maximum Gasteiger partial charge on any atom is 0.323 e. The Balaban J connectivity index is 1.48. The van der Waals surface area contributed by atoms with Gasteiger partial charge in [0.25, 0.3) is 0 Å². The largest absolute Gasteiger partial charge is 0.378 e. The van der Waals surface area contributed by atoms with Gasteiger partial charge in [-0.2, -0.15) is 0 Å². The summed E-state index contributed by atoms with van der Waals surface area (Å²) < 4.78 is 6.42. The lowest BCUT2D eigenvalue weighted by molar-refractivity contribution is 0.122. The van der Waals surface area contributed by atoms with Crippen LogP contribution in [0.3, 0.4) is 0 Å². The van der Waals surface area contributed by atoms with Crippen molar-refractivity contribution < 1.29 is 9.53 Å². The number of thiazole rings is 1. The third kappa shape index (κ3) is 3.75. The molecule has 2 amide bonds. The first-order chi connectivity index (χ1) is 12.7. The number of morpholine rings is 1. The number of fused-ring (bicyclic) bond motifs is 1. The molecule has 0 spiro atoms. The summed E-state index contributed by atoms with van der Waals surface area (Å²) in [6, 6.07) is 12.5. The second kappa shape index (κ2) is 7.49. The van der Waals surface area contributed by atoms with Crippen molar-refractivity contribution in [1.82, 2.24) is 4.98 Å². The first kappa shape index (κ1) is 17.1. The first-order valence-corrected chi connectivity index (χ1v) is 9.44. The van der Waals surface area contributed by atoms with E-state index in [1.807, 2.05) is 30.3 Å². The molecule has 2 N–H and O–H groups in total. The number of ether oxygens (including phenoxy) is 1. The van der Waals surface area contributed by atoms with Gasteiger partial charge < -0.3 is 20.3 Å². The molecule has 1 aliphatic heterocycles. The minimum Gasteiger partial charge on any atom is -0.378 e. The Bertz CT molecular complexity index is 940. The van der Waals surface area contributed by atoms with Crippen molar-refractivity contribution in [3.8, 4) is 0 Å². The molecule has 1 fully saturated rings. The van der Waals surface area contributed by atoms with Crippen LogP contribution in [-0.4, -0.2) is 37.3 Å². The summed E-state index contributed by atoms with van der Waals surface area (Å²) >= 11 is 7.68. The SMILES string of the molecule is O=C(Nc1ccc2nc(N3CCOCC3)sc2c1)Nc1ccccc1Cl. The third-order valence-corrected chi connectivity index (χ3v) is 5.45. The molecule has 0 atom stereocenters. The zero-order valence-corrected chi connectivity index (χ0v) is 15.4. The number of amides is 2. The molecular formula is C18H17ClN4O2S. The quantitative estimate of drug-likeness (QED) is 0.696. The van der Waals surface area contributed by atoms with E-state index in [4.69, 9.17) is 16.3 Å². The molecule has 8 heteroatoms. The van der Waals surface area contributed by atoms with Crippen molar-refractivity contribution in [2.24, 2.45) is 0 Å². The van der Waals surface area contributed by atoms with Crippen LogP contribution in [0.15, 0.2) is 42.5 Å². The molecule has 4 rings (SSSR count). The second-order valence-corrected chi connectivity index (χ2v) is 7.25. The van der Waals surface area contributed by atoms with Crippen LogP contribution in [0.5, 0.6) is 0 Å². The van der Waals surface area contributed by atoms with Crippen molar-refractivity contribution >= 4 is 55.7 Å². The van der Waals surface area contributed by atoms with Crippen LogP contribution in [0.1, 0.15) is 0 Å².